The Labute approximate surface area is 86.5 Å². The lowest BCUT2D eigenvalue weighted by atomic mass is 9.98. The van der Waals surface area contributed by atoms with E-state index in [1.807, 2.05) is 0 Å². The Bertz CT molecular complexity index is 448. The van der Waals surface area contributed by atoms with Crippen LogP contribution in [-0.2, 0) is 0 Å². The quantitative estimate of drug-likeness (QED) is 0.758. The number of aryl methyl sites for hydroxylation is 1. The van der Waals surface area contributed by atoms with Crippen molar-refractivity contribution in [2.24, 2.45) is 0 Å². The van der Waals surface area contributed by atoms with Gasteiger partial charge in [0.05, 0.1) is 17.7 Å². The molecule has 0 aliphatic carbocycles. The smallest absolute Gasteiger partial charge is 0.335 e. The van der Waals surface area contributed by atoms with Crippen LogP contribution in [0.3, 0.4) is 0 Å². The minimum atomic E-state index is -1.02. The molecule has 0 unspecified atom stereocenters. The highest BCUT2D eigenvalue weighted by Crippen LogP contribution is 2.28. The molecule has 2 rings (SSSR count). The molecule has 1 aliphatic heterocycles. The fraction of sp³-hybridized carbons (Fsp3) is 0.273. The number of hydrogen-bond acceptors (Lipinski definition) is 3. The van der Waals surface area contributed by atoms with Gasteiger partial charge in [-0.3, -0.25) is 4.79 Å². The molecule has 0 spiro atoms. The van der Waals surface area contributed by atoms with E-state index in [2.05, 4.69) is 0 Å². The third-order valence-corrected chi connectivity index (χ3v) is 2.44. The molecule has 4 nitrogen and oxygen atoms in total. The second-order valence-corrected chi connectivity index (χ2v) is 3.49. The Morgan fingerprint density at radius 3 is 2.87 bits per heavy atom. The lowest BCUT2D eigenvalue weighted by Crippen LogP contribution is -2.16. The summed E-state index contributed by atoms with van der Waals surface area (Å²) in [4.78, 5) is 22.4. The van der Waals surface area contributed by atoms with E-state index in [0.717, 1.165) is 0 Å². The Morgan fingerprint density at radius 1 is 1.47 bits per heavy atom. The third kappa shape index (κ3) is 1.58. The summed E-state index contributed by atoms with van der Waals surface area (Å²) in [5.41, 5.74) is 1.15. The maximum atomic E-state index is 11.5. The highest BCUT2D eigenvalue weighted by molar-refractivity contribution is 6.02. The van der Waals surface area contributed by atoms with Gasteiger partial charge in [0, 0.05) is 6.42 Å². The van der Waals surface area contributed by atoms with Crippen molar-refractivity contribution in [2.75, 3.05) is 6.61 Å². The minimum Gasteiger partial charge on any atom is -0.492 e. The van der Waals surface area contributed by atoms with Crippen molar-refractivity contribution in [3.63, 3.8) is 0 Å². The lowest BCUT2D eigenvalue weighted by Gasteiger charge is -2.17. The van der Waals surface area contributed by atoms with Gasteiger partial charge in [0.15, 0.2) is 5.78 Å². The summed E-state index contributed by atoms with van der Waals surface area (Å²) in [7, 11) is 0. The van der Waals surface area contributed by atoms with Crippen LogP contribution in [0.5, 0.6) is 5.75 Å². The maximum Gasteiger partial charge on any atom is 0.335 e. The number of fused-ring (bicyclic) bond motifs is 1. The molecule has 1 aromatic rings. The topological polar surface area (TPSA) is 63.6 Å². The van der Waals surface area contributed by atoms with Crippen molar-refractivity contribution in [1.29, 1.82) is 0 Å². The van der Waals surface area contributed by atoms with Crippen LogP contribution in [0.25, 0.3) is 0 Å². The predicted octanol–water partition coefficient (Wildman–Crippen LogP) is 1.66. The molecule has 0 radical (unpaired) electrons. The summed E-state index contributed by atoms with van der Waals surface area (Å²) in [6.07, 6.45) is 0.315. The lowest BCUT2D eigenvalue weighted by molar-refractivity contribution is 0.0696. The van der Waals surface area contributed by atoms with E-state index < -0.39 is 5.97 Å². The summed E-state index contributed by atoms with van der Waals surface area (Å²) in [5, 5.41) is 8.90. The average Bonchev–Trinajstić information content (AvgIpc) is 2.16. The zero-order valence-corrected chi connectivity index (χ0v) is 8.24. The molecule has 0 bridgehead atoms. The molecule has 0 fully saturated rings. The second-order valence-electron chi connectivity index (χ2n) is 3.49. The van der Waals surface area contributed by atoms with E-state index in [1.165, 1.54) is 6.07 Å². The van der Waals surface area contributed by atoms with Crippen molar-refractivity contribution in [1.82, 2.24) is 0 Å². The van der Waals surface area contributed by atoms with Crippen molar-refractivity contribution >= 4 is 11.8 Å². The number of carboxylic acids is 1. The van der Waals surface area contributed by atoms with Gasteiger partial charge in [0.1, 0.15) is 5.75 Å². The molecule has 1 aromatic carbocycles. The van der Waals surface area contributed by atoms with Crippen molar-refractivity contribution in [3.8, 4) is 5.75 Å². The molecule has 1 N–H and O–H groups in total. The number of carbonyl (C=O) groups is 2. The average molecular weight is 206 g/mol. The molecular formula is C11H10O4. The number of carbonyl (C=O) groups excluding carboxylic acids is 1. The highest BCUT2D eigenvalue weighted by Gasteiger charge is 2.21. The van der Waals surface area contributed by atoms with E-state index in [9.17, 15) is 9.59 Å². The van der Waals surface area contributed by atoms with Crippen LogP contribution in [-0.4, -0.2) is 23.5 Å². The number of aromatic carboxylic acids is 1. The van der Waals surface area contributed by atoms with Gasteiger partial charge in [-0.1, -0.05) is 0 Å². The molecule has 0 saturated carbocycles. The van der Waals surface area contributed by atoms with Crippen LogP contribution in [0.2, 0.25) is 0 Å². The molecule has 1 heterocycles. The van der Waals surface area contributed by atoms with Crippen LogP contribution >= 0.6 is 0 Å². The summed E-state index contributed by atoms with van der Waals surface area (Å²) in [6.45, 7) is 2.06. The predicted molar refractivity (Wildman–Crippen MR) is 52.6 cm³/mol. The van der Waals surface area contributed by atoms with Gasteiger partial charge in [0.2, 0.25) is 0 Å². The largest absolute Gasteiger partial charge is 0.492 e. The highest BCUT2D eigenvalue weighted by atomic mass is 16.5. The molecule has 4 heteroatoms. The van der Waals surface area contributed by atoms with E-state index in [1.54, 1.807) is 13.0 Å². The number of Topliss-reactive ketones (excluding diaryl/α,β-unsaturated/α-hetero) is 1. The molecule has 0 atom stereocenters. The maximum absolute atomic E-state index is 11.5. The second kappa shape index (κ2) is 3.38. The standard InChI is InChI=1S/C11H10O4/c1-6-4-10-8(5-7(6)11(13)14)9(12)2-3-15-10/h4-5H,2-3H2,1H3,(H,13,14). The molecule has 1 aliphatic rings. The van der Waals surface area contributed by atoms with Gasteiger partial charge < -0.3 is 9.84 Å². The Kier molecular flexibility index (Phi) is 2.19. The van der Waals surface area contributed by atoms with Gasteiger partial charge in [0.25, 0.3) is 0 Å². The summed E-state index contributed by atoms with van der Waals surface area (Å²) < 4.78 is 5.30. The van der Waals surface area contributed by atoms with E-state index in [-0.39, 0.29) is 11.3 Å². The van der Waals surface area contributed by atoms with Gasteiger partial charge in [-0.15, -0.1) is 0 Å². The van der Waals surface area contributed by atoms with E-state index in [4.69, 9.17) is 9.84 Å². The Morgan fingerprint density at radius 2 is 2.20 bits per heavy atom. The SMILES string of the molecule is Cc1cc2c(cc1C(=O)O)C(=O)CCO2. The fourth-order valence-corrected chi connectivity index (χ4v) is 1.64. The molecule has 0 amide bonds. The van der Waals surface area contributed by atoms with E-state index in [0.29, 0.717) is 29.9 Å². The van der Waals surface area contributed by atoms with Crippen molar-refractivity contribution in [2.45, 2.75) is 13.3 Å². The first-order valence-corrected chi connectivity index (χ1v) is 4.63. The Hall–Kier alpha value is -1.84. The van der Waals surface area contributed by atoms with Crippen LogP contribution in [0.4, 0.5) is 0 Å². The summed E-state index contributed by atoms with van der Waals surface area (Å²) in [5.74, 6) is -0.582. The van der Waals surface area contributed by atoms with Crippen LogP contribution in [0, 0.1) is 6.92 Å². The molecule has 15 heavy (non-hydrogen) atoms. The van der Waals surface area contributed by atoms with Gasteiger partial charge in [-0.05, 0) is 24.6 Å². The number of ketones is 1. The normalized spacial score (nSPS) is 14.3. The number of hydrogen-bond donors (Lipinski definition) is 1. The summed E-state index contributed by atoms with van der Waals surface area (Å²) in [6, 6.07) is 3.00. The molecular weight excluding hydrogens is 196 g/mol. The minimum absolute atomic E-state index is 0.0567. The first-order chi connectivity index (χ1) is 7.09. The first-order valence-electron chi connectivity index (χ1n) is 4.63. The van der Waals surface area contributed by atoms with Crippen LogP contribution in [0.1, 0.15) is 32.7 Å². The van der Waals surface area contributed by atoms with Crippen LogP contribution in [0.15, 0.2) is 12.1 Å². The summed E-state index contributed by atoms with van der Waals surface area (Å²) >= 11 is 0. The van der Waals surface area contributed by atoms with Gasteiger partial charge in [-0.25, -0.2) is 4.79 Å². The monoisotopic (exact) mass is 206 g/mol. The van der Waals surface area contributed by atoms with Crippen molar-refractivity contribution in [3.05, 3.63) is 28.8 Å². The molecule has 78 valence electrons. The van der Waals surface area contributed by atoms with E-state index >= 15 is 0 Å². The number of benzene rings is 1. The van der Waals surface area contributed by atoms with Crippen LogP contribution < -0.4 is 4.74 Å². The Balaban J connectivity index is 2.60. The van der Waals surface area contributed by atoms with Gasteiger partial charge in [-0.2, -0.15) is 0 Å². The zero-order chi connectivity index (χ0) is 11.0. The first kappa shape index (κ1) is 9.71. The van der Waals surface area contributed by atoms with Crippen molar-refractivity contribution < 1.29 is 19.4 Å². The molecule has 0 aromatic heterocycles. The molecule has 0 saturated heterocycles. The zero-order valence-electron chi connectivity index (χ0n) is 8.24. The van der Waals surface area contributed by atoms with Gasteiger partial charge >= 0.3 is 5.97 Å². The third-order valence-electron chi connectivity index (χ3n) is 2.44. The number of ether oxygens (including phenoxy) is 1. The number of carboxylic acid groups (broad SMARTS) is 1. The number of rotatable bonds is 1. The fourth-order valence-electron chi connectivity index (χ4n) is 1.64.